The van der Waals surface area contributed by atoms with Gasteiger partial charge in [0.05, 0.1) is 17.8 Å². The fraction of sp³-hybridized carbons (Fsp3) is 0.455. The number of carbonyl (C=O) groups is 1. The Labute approximate surface area is 98.5 Å². The van der Waals surface area contributed by atoms with Crippen molar-refractivity contribution in [2.45, 2.75) is 6.42 Å². The SMILES string of the molecule is O=C(COc1cncc(Cl)c1)C1CCOC1. The van der Waals surface area contributed by atoms with Gasteiger partial charge in [-0.25, -0.2) is 0 Å². The van der Waals surface area contributed by atoms with Crippen LogP contribution < -0.4 is 4.74 Å². The zero-order valence-corrected chi connectivity index (χ0v) is 9.44. The number of halogens is 1. The van der Waals surface area contributed by atoms with Crippen molar-refractivity contribution in [1.29, 1.82) is 0 Å². The molecule has 1 aliphatic heterocycles. The zero-order chi connectivity index (χ0) is 11.4. The maximum atomic E-state index is 11.6. The van der Waals surface area contributed by atoms with Crippen LogP contribution in [0.15, 0.2) is 18.5 Å². The van der Waals surface area contributed by atoms with Crippen molar-refractivity contribution in [3.05, 3.63) is 23.5 Å². The summed E-state index contributed by atoms with van der Waals surface area (Å²) in [7, 11) is 0. The Bertz CT molecular complexity index is 377. The van der Waals surface area contributed by atoms with Crippen LogP contribution in [0.25, 0.3) is 0 Å². The van der Waals surface area contributed by atoms with Gasteiger partial charge in [0.25, 0.3) is 0 Å². The molecule has 16 heavy (non-hydrogen) atoms. The normalized spacial score (nSPS) is 19.7. The molecule has 1 atom stereocenters. The Morgan fingerprint density at radius 3 is 3.19 bits per heavy atom. The van der Waals surface area contributed by atoms with Gasteiger partial charge in [-0.1, -0.05) is 11.6 Å². The van der Waals surface area contributed by atoms with Crippen LogP contribution in [0.1, 0.15) is 6.42 Å². The van der Waals surface area contributed by atoms with Crippen LogP contribution >= 0.6 is 11.6 Å². The molecular weight excluding hydrogens is 230 g/mol. The minimum atomic E-state index is -0.0212. The topological polar surface area (TPSA) is 48.4 Å². The van der Waals surface area contributed by atoms with Crippen LogP contribution in [-0.4, -0.2) is 30.6 Å². The van der Waals surface area contributed by atoms with Crippen LogP contribution in [-0.2, 0) is 9.53 Å². The Balaban J connectivity index is 1.84. The number of nitrogens with zero attached hydrogens (tertiary/aromatic N) is 1. The lowest BCUT2D eigenvalue weighted by Gasteiger charge is -2.08. The van der Waals surface area contributed by atoms with Crippen molar-refractivity contribution < 1.29 is 14.3 Å². The number of ether oxygens (including phenoxy) is 2. The first kappa shape index (κ1) is 11.4. The molecule has 1 aliphatic rings. The highest BCUT2D eigenvalue weighted by Gasteiger charge is 2.23. The van der Waals surface area contributed by atoms with Gasteiger partial charge in [-0.3, -0.25) is 9.78 Å². The second-order valence-electron chi connectivity index (χ2n) is 3.65. The molecule has 0 radical (unpaired) electrons. The van der Waals surface area contributed by atoms with E-state index in [-0.39, 0.29) is 18.3 Å². The molecule has 0 aliphatic carbocycles. The number of rotatable bonds is 4. The number of aromatic nitrogens is 1. The average Bonchev–Trinajstić information content (AvgIpc) is 2.79. The summed E-state index contributed by atoms with van der Waals surface area (Å²) >= 11 is 5.74. The van der Waals surface area contributed by atoms with Gasteiger partial charge in [-0.05, 0) is 6.42 Å². The maximum absolute atomic E-state index is 11.6. The van der Waals surface area contributed by atoms with E-state index in [9.17, 15) is 4.79 Å². The van der Waals surface area contributed by atoms with Crippen LogP contribution in [0.5, 0.6) is 5.75 Å². The minimum absolute atomic E-state index is 0.0212. The van der Waals surface area contributed by atoms with Crippen LogP contribution in [0.2, 0.25) is 5.02 Å². The molecule has 1 aromatic heterocycles. The van der Waals surface area contributed by atoms with Crippen molar-refractivity contribution in [2.24, 2.45) is 5.92 Å². The molecule has 86 valence electrons. The summed E-state index contributed by atoms with van der Waals surface area (Å²) in [5.74, 6) is 0.560. The van der Waals surface area contributed by atoms with E-state index in [0.29, 0.717) is 24.0 Å². The van der Waals surface area contributed by atoms with Gasteiger partial charge >= 0.3 is 0 Å². The molecule has 1 aromatic rings. The van der Waals surface area contributed by atoms with Gasteiger partial charge < -0.3 is 9.47 Å². The summed E-state index contributed by atoms with van der Waals surface area (Å²) in [5.41, 5.74) is 0. The quantitative estimate of drug-likeness (QED) is 0.805. The number of carbonyl (C=O) groups excluding carboxylic acids is 1. The predicted molar refractivity (Wildman–Crippen MR) is 58.7 cm³/mol. The summed E-state index contributed by atoms with van der Waals surface area (Å²) in [6, 6.07) is 1.63. The Morgan fingerprint density at radius 2 is 2.50 bits per heavy atom. The maximum Gasteiger partial charge on any atom is 0.175 e. The molecule has 2 rings (SSSR count). The third-order valence-electron chi connectivity index (χ3n) is 2.45. The highest BCUT2D eigenvalue weighted by Crippen LogP contribution is 2.17. The van der Waals surface area contributed by atoms with Crippen molar-refractivity contribution in [3.63, 3.8) is 0 Å². The van der Waals surface area contributed by atoms with Crippen LogP contribution in [0.4, 0.5) is 0 Å². The molecule has 0 spiro atoms. The number of hydrogen-bond acceptors (Lipinski definition) is 4. The molecule has 5 heteroatoms. The van der Waals surface area contributed by atoms with Gasteiger partial charge in [-0.15, -0.1) is 0 Å². The number of hydrogen-bond donors (Lipinski definition) is 0. The average molecular weight is 242 g/mol. The summed E-state index contributed by atoms with van der Waals surface area (Å²) < 4.78 is 10.4. The van der Waals surface area contributed by atoms with E-state index in [2.05, 4.69) is 4.98 Å². The highest BCUT2D eigenvalue weighted by atomic mass is 35.5. The smallest absolute Gasteiger partial charge is 0.175 e. The van der Waals surface area contributed by atoms with E-state index in [1.165, 1.54) is 12.4 Å². The Kier molecular flexibility index (Phi) is 3.74. The molecule has 4 nitrogen and oxygen atoms in total. The van der Waals surface area contributed by atoms with Crippen LogP contribution in [0.3, 0.4) is 0 Å². The van der Waals surface area contributed by atoms with Gasteiger partial charge in [0.2, 0.25) is 0 Å². The van der Waals surface area contributed by atoms with Gasteiger partial charge in [-0.2, -0.15) is 0 Å². The fourth-order valence-electron chi connectivity index (χ4n) is 1.53. The lowest BCUT2D eigenvalue weighted by molar-refractivity contribution is -0.124. The second-order valence-corrected chi connectivity index (χ2v) is 4.09. The zero-order valence-electron chi connectivity index (χ0n) is 8.69. The molecule has 0 saturated carbocycles. The van der Waals surface area contributed by atoms with E-state index in [4.69, 9.17) is 21.1 Å². The van der Waals surface area contributed by atoms with Gasteiger partial charge in [0, 0.05) is 24.8 Å². The molecule has 2 heterocycles. The summed E-state index contributed by atoms with van der Waals surface area (Å²) in [4.78, 5) is 15.5. The summed E-state index contributed by atoms with van der Waals surface area (Å²) in [5, 5.41) is 0.495. The molecule has 0 bridgehead atoms. The predicted octanol–water partition coefficient (Wildman–Crippen LogP) is 1.72. The van der Waals surface area contributed by atoms with E-state index >= 15 is 0 Å². The second kappa shape index (κ2) is 5.27. The van der Waals surface area contributed by atoms with Gasteiger partial charge in [0.1, 0.15) is 12.4 Å². The van der Waals surface area contributed by atoms with Crippen molar-refractivity contribution in [3.8, 4) is 5.75 Å². The molecule has 0 N–H and O–H groups in total. The number of Topliss-reactive ketones (excluding diaryl/α,β-unsaturated/α-hetero) is 1. The van der Waals surface area contributed by atoms with Crippen molar-refractivity contribution in [2.75, 3.05) is 19.8 Å². The molecule has 1 saturated heterocycles. The number of ketones is 1. The standard InChI is InChI=1S/C11H12ClNO3/c12-9-3-10(5-13-4-9)16-7-11(14)8-1-2-15-6-8/h3-5,8H,1-2,6-7H2. The minimum Gasteiger partial charge on any atom is -0.484 e. The van der Waals surface area contributed by atoms with Crippen molar-refractivity contribution >= 4 is 17.4 Å². The van der Waals surface area contributed by atoms with Crippen molar-refractivity contribution in [1.82, 2.24) is 4.98 Å². The Morgan fingerprint density at radius 1 is 1.62 bits per heavy atom. The van der Waals surface area contributed by atoms with E-state index in [1.54, 1.807) is 6.07 Å². The van der Waals surface area contributed by atoms with E-state index in [0.717, 1.165) is 6.42 Å². The third-order valence-corrected chi connectivity index (χ3v) is 2.65. The number of pyridine rings is 1. The monoisotopic (exact) mass is 241 g/mol. The third kappa shape index (κ3) is 2.93. The lowest BCUT2D eigenvalue weighted by atomic mass is 10.0. The first-order valence-corrected chi connectivity index (χ1v) is 5.47. The molecule has 0 amide bonds. The van der Waals surface area contributed by atoms with Gasteiger partial charge in [0.15, 0.2) is 5.78 Å². The van der Waals surface area contributed by atoms with E-state index < -0.39 is 0 Å². The molecule has 1 unspecified atom stereocenters. The largest absolute Gasteiger partial charge is 0.484 e. The highest BCUT2D eigenvalue weighted by molar-refractivity contribution is 6.30. The van der Waals surface area contributed by atoms with E-state index in [1.807, 2.05) is 0 Å². The first-order valence-electron chi connectivity index (χ1n) is 5.09. The van der Waals surface area contributed by atoms with Crippen LogP contribution in [0, 0.1) is 5.92 Å². The molecule has 0 aromatic carbocycles. The molecular formula is C11H12ClNO3. The fourth-order valence-corrected chi connectivity index (χ4v) is 1.70. The Hall–Kier alpha value is -1.13. The summed E-state index contributed by atoms with van der Waals surface area (Å²) in [6.07, 6.45) is 3.83. The lowest BCUT2D eigenvalue weighted by Crippen LogP contribution is -2.21. The summed E-state index contributed by atoms with van der Waals surface area (Å²) in [6.45, 7) is 1.22. The molecule has 1 fully saturated rings. The first-order chi connectivity index (χ1) is 7.75.